The average Bonchev–Trinajstić information content (AvgIpc) is 3.33. The van der Waals surface area contributed by atoms with Gasteiger partial charge in [-0.15, -0.1) is 21.5 Å². The molecule has 1 saturated heterocycles. The van der Waals surface area contributed by atoms with Crippen LogP contribution in [0.4, 0.5) is 5.82 Å². The van der Waals surface area contributed by atoms with E-state index in [0.717, 1.165) is 25.9 Å². The van der Waals surface area contributed by atoms with Crippen molar-refractivity contribution in [2.24, 2.45) is 0 Å². The Balaban J connectivity index is 1.48. The minimum absolute atomic E-state index is 0.0142. The summed E-state index contributed by atoms with van der Waals surface area (Å²) in [4.78, 5) is 37.8. The molecular formula is C16H16N4O4S. The van der Waals surface area contributed by atoms with E-state index in [2.05, 4.69) is 20.4 Å². The van der Waals surface area contributed by atoms with Gasteiger partial charge in [0.2, 0.25) is 0 Å². The molecule has 2 aromatic heterocycles. The van der Waals surface area contributed by atoms with E-state index < -0.39 is 24.4 Å². The second-order valence-electron chi connectivity index (χ2n) is 5.40. The van der Waals surface area contributed by atoms with Crippen molar-refractivity contribution in [1.29, 1.82) is 0 Å². The topological polar surface area (TPSA) is 101 Å². The molecule has 1 aliphatic heterocycles. The molecule has 2 aromatic rings. The third-order valence-corrected chi connectivity index (χ3v) is 4.49. The number of ether oxygens (including phenoxy) is 1. The van der Waals surface area contributed by atoms with Crippen LogP contribution in [0.5, 0.6) is 0 Å². The molecule has 130 valence electrons. The second kappa shape index (κ2) is 7.84. The highest BCUT2D eigenvalue weighted by atomic mass is 32.1. The number of thiophene rings is 1. The van der Waals surface area contributed by atoms with Gasteiger partial charge < -0.3 is 9.64 Å². The Morgan fingerprint density at radius 2 is 1.96 bits per heavy atom. The number of carbonyl (C=O) groups excluding carboxylic acids is 3. The summed E-state index contributed by atoms with van der Waals surface area (Å²) in [5.74, 6) is -1.27. The zero-order valence-corrected chi connectivity index (χ0v) is 14.1. The van der Waals surface area contributed by atoms with Crippen LogP contribution in [0.15, 0.2) is 29.6 Å². The molecule has 2 amide bonds. The predicted molar refractivity (Wildman–Crippen MR) is 90.6 cm³/mol. The number of hydrogen-bond acceptors (Lipinski definition) is 8. The lowest BCUT2D eigenvalue weighted by molar-refractivity contribution is -0.123. The van der Waals surface area contributed by atoms with Crippen LogP contribution in [0.1, 0.15) is 33.0 Å². The number of nitrogens with zero attached hydrogens (tertiary/aromatic N) is 3. The van der Waals surface area contributed by atoms with Crippen LogP contribution in [-0.4, -0.2) is 47.7 Å². The van der Waals surface area contributed by atoms with E-state index in [1.54, 1.807) is 23.6 Å². The minimum atomic E-state index is -0.765. The third-order valence-electron chi connectivity index (χ3n) is 3.62. The Morgan fingerprint density at radius 3 is 2.60 bits per heavy atom. The first-order chi connectivity index (χ1) is 12.1. The van der Waals surface area contributed by atoms with Gasteiger partial charge in [0.15, 0.2) is 18.1 Å². The number of nitrogens with one attached hydrogen (secondary N) is 1. The van der Waals surface area contributed by atoms with Gasteiger partial charge in [0.05, 0.1) is 4.88 Å². The van der Waals surface area contributed by atoms with Gasteiger partial charge in [0.25, 0.3) is 11.8 Å². The number of aromatic nitrogens is 2. The van der Waals surface area contributed by atoms with E-state index in [1.165, 1.54) is 17.4 Å². The Bertz CT molecular complexity index is 755. The van der Waals surface area contributed by atoms with Crippen molar-refractivity contribution in [3.63, 3.8) is 0 Å². The molecule has 3 rings (SSSR count). The lowest BCUT2D eigenvalue weighted by Gasteiger charge is -2.14. The summed E-state index contributed by atoms with van der Waals surface area (Å²) in [5.41, 5.74) is 0.0142. The van der Waals surface area contributed by atoms with Gasteiger partial charge in [-0.05, 0) is 36.4 Å². The van der Waals surface area contributed by atoms with E-state index >= 15 is 0 Å². The summed E-state index contributed by atoms with van der Waals surface area (Å²) < 4.78 is 4.86. The van der Waals surface area contributed by atoms with Crippen molar-refractivity contribution in [2.75, 3.05) is 24.6 Å². The molecule has 1 fully saturated rings. The first kappa shape index (κ1) is 17.0. The van der Waals surface area contributed by atoms with E-state index in [-0.39, 0.29) is 5.69 Å². The molecule has 3 heterocycles. The summed E-state index contributed by atoms with van der Waals surface area (Å²) in [7, 11) is 0. The van der Waals surface area contributed by atoms with Crippen molar-refractivity contribution in [3.05, 3.63) is 40.2 Å². The van der Waals surface area contributed by atoms with Crippen LogP contribution < -0.4 is 10.2 Å². The summed E-state index contributed by atoms with van der Waals surface area (Å²) in [6.45, 7) is 1.29. The molecule has 0 bridgehead atoms. The molecule has 0 saturated carbocycles. The van der Waals surface area contributed by atoms with E-state index in [4.69, 9.17) is 4.74 Å². The number of carbonyl (C=O) groups is 3. The van der Waals surface area contributed by atoms with Gasteiger partial charge in [-0.1, -0.05) is 6.07 Å². The standard InChI is InChI=1S/C16H16N4O4S/c21-14(17-15(22)12-4-3-9-25-12)10-24-16(23)11-5-6-13(19-18-11)20-7-1-2-8-20/h3-6,9H,1-2,7-8,10H2,(H,17,21,22). The molecule has 1 aliphatic rings. The normalized spacial score (nSPS) is 13.5. The number of esters is 1. The smallest absolute Gasteiger partial charge is 0.359 e. The molecule has 0 aromatic carbocycles. The average molecular weight is 360 g/mol. The Hall–Kier alpha value is -2.81. The largest absolute Gasteiger partial charge is 0.451 e. The maximum Gasteiger partial charge on any atom is 0.359 e. The second-order valence-corrected chi connectivity index (χ2v) is 6.35. The molecular weight excluding hydrogens is 344 g/mol. The van der Waals surface area contributed by atoms with Gasteiger partial charge in [0, 0.05) is 13.1 Å². The van der Waals surface area contributed by atoms with Crippen molar-refractivity contribution in [1.82, 2.24) is 15.5 Å². The SMILES string of the molecule is O=C(COC(=O)c1ccc(N2CCCC2)nn1)NC(=O)c1cccs1. The van der Waals surface area contributed by atoms with Gasteiger partial charge in [-0.3, -0.25) is 14.9 Å². The first-order valence-electron chi connectivity index (χ1n) is 7.77. The Morgan fingerprint density at radius 1 is 1.16 bits per heavy atom. The van der Waals surface area contributed by atoms with Crippen LogP contribution in [0.3, 0.4) is 0 Å². The summed E-state index contributed by atoms with van der Waals surface area (Å²) in [6, 6.07) is 6.51. The zero-order valence-electron chi connectivity index (χ0n) is 13.3. The highest BCUT2D eigenvalue weighted by molar-refractivity contribution is 7.12. The number of amides is 2. The lowest BCUT2D eigenvalue weighted by atomic mass is 10.3. The van der Waals surface area contributed by atoms with Gasteiger partial charge >= 0.3 is 5.97 Å². The van der Waals surface area contributed by atoms with Crippen LogP contribution in [-0.2, 0) is 9.53 Å². The predicted octanol–water partition coefficient (Wildman–Crippen LogP) is 1.25. The molecule has 0 spiro atoms. The molecule has 25 heavy (non-hydrogen) atoms. The molecule has 0 radical (unpaired) electrons. The quantitative estimate of drug-likeness (QED) is 0.801. The van der Waals surface area contributed by atoms with Crippen molar-refractivity contribution in [3.8, 4) is 0 Å². The van der Waals surface area contributed by atoms with Crippen LogP contribution in [0.25, 0.3) is 0 Å². The maximum atomic E-state index is 11.9. The summed E-state index contributed by atoms with van der Waals surface area (Å²) in [6.07, 6.45) is 2.23. The number of anilines is 1. The Kier molecular flexibility index (Phi) is 5.34. The third kappa shape index (κ3) is 4.38. The van der Waals surface area contributed by atoms with E-state index in [1.807, 2.05) is 0 Å². The van der Waals surface area contributed by atoms with Crippen LogP contribution >= 0.6 is 11.3 Å². The fourth-order valence-electron chi connectivity index (χ4n) is 2.39. The van der Waals surface area contributed by atoms with Crippen molar-refractivity contribution in [2.45, 2.75) is 12.8 Å². The van der Waals surface area contributed by atoms with Gasteiger partial charge in [-0.25, -0.2) is 4.79 Å². The molecule has 9 heteroatoms. The van der Waals surface area contributed by atoms with Gasteiger partial charge in [0.1, 0.15) is 0 Å². The molecule has 0 aliphatic carbocycles. The number of imide groups is 1. The highest BCUT2D eigenvalue weighted by Gasteiger charge is 2.17. The molecule has 8 nitrogen and oxygen atoms in total. The van der Waals surface area contributed by atoms with E-state index in [9.17, 15) is 14.4 Å². The Labute approximate surface area is 147 Å². The summed E-state index contributed by atoms with van der Waals surface area (Å²) in [5, 5.41) is 11.7. The van der Waals surface area contributed by atoms with Crippen LogP contribution in [0.2, 0.25) is 0 Å². The number of rotatable bonds is 5. The number of hydrogen-bond donors (Lipinski definition) is 1. The molecule has 0 atom stereocenters. The van der Waals surface area contributed by atoms with Crippen molar-refractivity contribution >= 4 is 34.9 Å². The highest BCUT2D eigenvalue weighted by Crippen LogP contribution is 2.16. The van der Waals surface area contributed by atoms with E-state index in [0.29, 0.717) is 10.7 Å². The minimum Gasteiger partial charge on any atom is -0.451 e. The lowest BCUT2D eigenvalue weighted by Crippen LogP contribution is -2.33. The van der Waals surface area contributed by atoms with Crippen molar-refractivity contribution < 1.29 is 19.1 Å². The first-order valence-corrected chi connectivity index (χ1v) is 8.65. The van der Waals surface area contributed by atoms with Crippen LogP contribution in [0, 0.1) is 0 Å². The maximum absolute atomic E-state index is 11.9. The zero-order chi connectivity index (χ0) is 17.6. The fraction of sp³-hybridized carbons (Fsp3) is 0.312. The fourth-order valence-corrected chi connectivity index (χ4v) is 3.01. The van der Waals surface area contributed by atoms with Gasteiger partial charge in [-0.2, -0.15) is 0 Å². The monoisotopic (exact) mass is 360 g/mol. The molecule has 1 N–H and O–H groups in total. The summed E-state index contributed by atoms with van der Waals surface area (Å²) >= 11 is 1.21. The molecule has 0 unspecified atom stereocenters.